The molecule has 0 saturated heterocycles. The summed E-state index contributed by atoms with van der Waals surface area (Å²) in [6.07, 6.45) is 0. The fourth-order valence-corrected chi connectivity index (χ4v) is 3.16. The number of para-hydroxylation sites is 2. The molecule has 5 heteroatoms. The minimum Gasteiger partial charge on any atom is -0.431 e. The maximum atomic E-state index is 9.13. The molecule has 0 fully saturated rings. The van der Waals surface area contributed by atoms with Crippen molar-refractivity contribution in [2.75, 3.05) is 0 Å². The molecule has 0 amide bonds. The van der Waals surface area contributed by atoms with Crippen molar-refractivity contribution >= 4 is 38.8 Å². The first kappa shape index (κ1) is 12.7. The van der Waals surface area contributed by atoms with Crippen molar-refractivity contribution in [2.24, 2.45) is 0 Å². The van der Waals surface area contributed by atoms with Crippen LogP contribution in [0, 0.1) is 0 Å². The summed E-state index contributed by atoms with van der Waals surface area (Å²) in [5.41, 5.74) is 2.51. The van der Waals surface area contributed by atoms with Crippen LogP contribution in [0.5, 0.6) is 0 Å². The molecule has 19 heavy (non-hydrogen) atoms. The average Bonchev–Trinajstić information content (AvgIpc) is 2.81. The minimum absolute atomic E-state index is 0.0222. The molecule has 3 aromatic rings. The number of fused-ring (bicyclic) bond motifs is 1. The van der Waals surface area contributed by atoms with E-state index in [1.807, 2.05) is 42.5 Å². The highest BCUT2D eigenvalue weighted by Crippen LogP contribution is 2.32. The van der Waals surface area contributed by atoms with E-state index >= 15 is 0 Å². The van der Waals surface area contributed by atoms with Gasteiger partial charge in [0.1, 0.15) is 5.52 Å². The Balaban J connectivity index is 1.90. The van der Waals surface area contributed by atoms with Crippen LogP contribution in [0.1, 0.15) is 5.56 Å². The number of oxazole rings is 1. The highest BCUT2D eigenvalue weighted by atomic mass is 79.9. The molecule has 2 aromatic carbocycles. The van der Waals surface area contributed by atoms with Crippen LogP contribution < -0.4 is 0 Å². The Morgan fingerprint density at radius 2 is 2.05 bits per heavy atom. The first-order valence-electron chi connectivity index (χ1n) is 5.69. The molecule has 0 unspecified atom stereocenters. The monoisotopic (exact) mass is 335 g/mol. The van der Waals surface area contributed by atoms with Crippen LogP contribution in [-0.2, 0) is 6.61 Å². The molecule has 0 spiro atoms. The summed E-state index contributed by atoms with van der Waals surface area (Å²) in [5, 5.41) is 9.74. The molecule has 0 bridgehead atoms. The third-order valence-electron chi connectivity index (χ3n) is 2.67. The van der Waals surface area contributed by atoms with Gasteiger partial charge in [-0.15, -0.1) is 0 Å². The Hall–Kier alpha value is -1.30. The summed E-state index contributed by atoms with van der Waals surface area (Å²) in [6.45, 7) is 0.0222. The van der Waals surface area contributed by atoms with E-state index in [0.717, 1.165) is 26.0 Å². The summed E-state index contributed by atoms with van der Waals surface area (Å²) in [5.74, 6) is 0. The molecule has 0 aliphatic carbocycles. The predicted molar refractivity (Wildman–Crippen MR) is 78.2 cm³/mol. The Kier molecular flexibility index (Phi) is 3.59. The van der Waals surface area contributed by atoms with E-state index < -0.39 is 0 Å². The van der Waals surface area contributed by atoms with Crippen molar-refractivity contribution in [1.29, 1.82) is 0 Å². The van der Waals surface area contributed by atoms with E-state index in [1.54, 1.807) is 0 Å². The highest BCUT2D eigenvalue weighted by Gasteiger charge is 2.08. The first-order chi connectivity index (χ1) is 9.26. The van der Waals surface area contributed by atoms with Crippen LogP contribution in [0.25, 0.3) is 11.1 Å². The van der Waals surface area contributed by atoms with Gasteiger partial charge in [0.2, 0.25) is 0 Å². The maximum Gasteiger partial charge on any atom is 0.261 e. The van der Waals surface area contributed by atoms with Crippen molar-refractivity contribution in [1.82, 2.24) is 4.98 Å². The number of halogens is 1. The second-order valence-corrected chi connectivity index (χ2v) is 5.84. The Morgan fingerprint density at radius 3 is 2.79 bits per heavy atom. The topological polar surface area (TPSA) is 46.3 Å². The lowest BCUT2D eigenvalue weighted by atomic mass is 10.2. The van der Waals surface area contributed by atoms with Gasteiger partial charge in [0.05, 0.1) is 6.61 Å². The van der Waals surface area contributed by atoms with Crippen LogP contribution in [0.3, 0.4) is 0 Å². The number of aromatic nitrogens is 1. The quantitative estimate of drug-likeness (QED) is 0.777. The summed E-state index contributed by atoms with van der Waals surface area (Å²) in [7, 11) is 0. The molecule has 3 rings (SSSR count). The lowest BCUT2D eigenvalue weighted by Crippen LogP contribution is -1.85. The number of hydrogen-bond acceptors (Lipinski definition) is 4. The number of rotatable bonds is 3. The lowest BCUT2D eigenvalue weighted by molar-refractivity contribution is 0.281. The Labute approximate surface area is 122 Å². The van der Waals surface area contributed by atoms with Gasteiger partial charge in [-0.05, 0) is 41.6 Å². The summed E-state index contributed by atoms with van der Waals surface area (Å²) in [4.78, 5) is 5.42. The zero-order chi connectivity index (χ0) is 13.2. The zero-order valence-corrected chi connectivity index (χ0v) is 12.2. The van der Waals surface area contributed by atoms with Crippen LogP contribution in [0.2, 0.25) is 0 Å². The SMILES string of the molecule is OCc1ccc(Sc2nc3ccccc3o2)cc1Br. The number of aliphatic hydroxyl groups excluding tert-OH is 1. The summed E-state index contributed by atoms with van der Waals surface area (Å²) in [6, 6.07) is 13.5. The van der Waals surface area contributed by atoms with E-state index in [-0.39, 0.29) is 6.61 Å². The predicted octanol–water partition coefficient (Wildman–Crippen LogP) is 4.23. The summed E-state index contributed by atoms with van der Waals surface area (Å²) >= 11 is 4.89. The molecule has 96 valence electrons. The fraction of sp³-hybridized carbons (Fsp3) is 0.0714. The Bertz CT molecular complexity index is 693. The minimum atomic E-state index is 0.0222. The molecule has 1 heterocycles. The van der Waals surface area contributed by atoms with Gasteiger partial charge < -0.3 is 9.52 Å². The van der Waals surface area contributed by atoms with Crippen molar-refractivity contribution < 1.29 is 9.52 Å². The molecule has 0 radical (unpaired) electrons. The van der Waals surface area contributed by atoms with Crippen molar-refractivity contribution in [3.8, 4) is 0 Å². The second kappa shape index (κ2) is 5.36. The molecule has 0 atom stereocenters. The standard InChI is InChI=1S/C14H10BrNO2S/c15-11-7-10(6-5-9(11)8-17)19-14-16-12-3-1-2-4-13(12)18-14/h1-7,17H,8H2. The molecule has 0 saturated carbocycles. The van der Waals surface area contributed by atoms with Crippen molar-refractivity contribution in [3.05, 3.63) is 52.5 Å². The van der Waals surface area contributed by atoms with E-state index in [4.69, 9.17) is 9.52 Å². The fourth-order valence-electron chi connectivity index (χ4n) is 1.72. The number of hydrogen-bond donors (Lipinski definition) is 1. The van der Waals surface area contributed by atoms with E-state index in [1.165, 1.54) is 11.8 Å². The highest BCUT2D eigenvalue weighted by molar-refractivity contribution is 9.10. The number of benzene rings is 2. The molecule has 1 aromatic heterocycles. The van der Waals surface area contributed by atoms with Gasteiger partial charge in [-0.1, -0.05) is 34.1 Å². The Morgan fingerprint density at radius 1 is 1.21 bits per heavy atom. The van der Waals surface area contributed by atoms with Gasteiger partial charge in [0.25, 0.3) is 5.22 Å². The van der Waals surface area contributed by atoms with Gasteiger partial charge in [0, 0.05) is 9.37 Å². The van der Waals surface area contributed by atoms with Gasteiger partial charge in [-0.3, -0.25) is 0 Å². The van der Waals surface area contributed by atoms with Gasteiger partial charge >= 0.3 is 0 Å². The largest absolute Gasteiger partial charge is 0.431 e. The van der Waals surface area contributed by atoms with Crippen LogP contribution in [0.15, 0.2) is 61.5 Å². The zero-order valence-electron chi connectivity index (χ0n) is 9.84. The third kappa shape index (κ3) is 2.68. The van der Waals surface area contributed by atoms with Crippen LogP contribution in [-0.4, -0.2) is 10.1 Å². The van der Waals surface area contributed by atoms with Gasteiger partial charge in [-0.2, -0.15) is 0 Å². The average molecular weight is 336 g/mol. The van der Waals surface area contributed by atoms with E-state index in [2.05, 4.69) is 20.9 Å². The van der Waals surface area contributed by atoms with Crippen LogP contribution >= 0.6 is 27.7 Å². The van der Waals surface area contributed by atoms with E-state index in [9.17, 15) is 0 Å². The number of aliphatic hydroxyl groups is 1. The smallest absolute Gasteiger partial charge is 0.261 e. The first-order valence-corrected chi connectivity index (χ1v) is 7.30. The normalized spacial score (nSPS) is 11.1. The van der Waals surface area contributed by atoms with E-state index in [0.29, 0.717) is 5.22 Å². The molecular weight excluding hydrogens is 326 g/mol. The molecular formula is C14H10BrNO2S. The van der Waals surface area contributed by atoms with Gasteiger partial charge in [-0.25, -0.2) is 4.98 Å². The molecule has 1 N–H and O–H groups in total. The lowest BCUT2D eigenvalue weighted by Gasteiger charge is -2.02. The molecule has 0 aliphatic rings. The maximum absolute atomic E-state index is 9.13. The van der Waals surface area contributed by atoms with Crippen molar-refractivity contribution in [2.45, 2.75) is 16.7 Å². The van der Waals surface area contributed by atoms with Gasteiger partial charge in [0.15, 0.2) is 5.58 Å². The summed E-state index contributed by atoms with van der Waals surface area (Å²) < 4.78 is 6.54. The third-order valence-corrected chi connectivity index (χ3v) is 4.25. The number of nitrogens with zero attached hydrogens (tertiary/aromatic N) is 1. The van der Waals surface area contributed by atoms with Crippen LogP contribution in [0.4, 0.5) is 0 Å². The molecule has 0 aliphatic heterocycles. The van der Waals surface area contributed by atoms with Crippen molar-refractivity contribution in [3.63, 3.8) is 0 Å². The molecule has 3 nitrogen and oxygen atoms in total. The second-order valence-electron chi connectivity index (χ2n) is 3.96.